The Morgan fingerprint density at radius 2 is 1.83 bits per heavy atom. The van der Waals surface area contributed by atoms with E-state index in [9.17, 15) is 14.0 Å². The van der Waals surface area contributed by atoms with E-state index < -0.39 is 5.97 Å². The number of amides is 1. The Morgan fingerprint density at radius 3 is 2.55 bits per heavy atom. The fourth-order valence-corrected chi connectivity index (χ4v) is 2.36. The largest absolute Gasteiger partial charge is 0.454 e. The molecule has 10 heteroatoms. The highest BCUT2D eigenvalue weighted by Crippen LogP contribution is 2.15. The van der Waals surface area contributed by atoms with E-state index in [4.69, 9.17) is 10.5 Å². The Morgan fingerprint density at radius 1 is 1.07 bits per heavy atom. The van der Waals surface area contributed by atoms with E-state index in [1.807, 2.05) is 0 Å². The van der Waals surface area contributed by atoms with Gasteiger partial charge in [0.05, 0.1) is 5.56 Å². The summed E-state index contributed by atoms with van der Waals surface area (Å²) >= 11 is 0. The van der Waals surface area contributed by atoms with Gasteiger partial charge in [0.1, 0.15) is 5.82 Å². The van der Waals surface area contributed by atoms with E-state index in [0.717, 1.165) is 0 Å². The number of hydrogen-bond acceptors (Lipinski definition) is 8. The lowest BCUT2D eigenvalue weighted by molar-refractivity contribution is -0.114. The number of rotatable bonds is 6. The van der Waals surface area contributed by atoms with Crippen LogP contribution >= 0.6 is 0 Å². The Balaban J connectivity index is 1.67. The molecule has 0 aliphatic rings. The Hall–Kier alpha value is -4.08. The van der Waals surface area contributed by atoms with Crippen LogP contribution in [0.1, 0.15) is 23.1 Å². The molecule has 0 saturated carbocycles. The van der Waals surface area contributed by atoms with Crippen LogP contribution in [0.25, 0.3) is 0 Å². The van der Waals surface area contributed by atoms with Crippen LogP contribution in [0, 0.1) is 5.82 Å². The Kier molecular flexibility index (Phi) is 5.93. The van der Waals surface area contributed by atoms with Crippen LogP contribution in [0.5, 0.6) is 0 Å². The van der Waals surface area contributed by atoms with Gasteiger partial charge < -0.3 is 21.1 Å². The molecule has 0 aliphatic heterocycles. The molecule has 0 aliphatic carbocycles. The van der Waals surface area contributed by atoms with Crippen molar-refractivity contribution in [2.45, 2.75) is 13.5 Å². The van der Waals surface area contributed by atoms with Gasteiger partial charge in [-0.3, -0.25) is 4.79 Å². The number of aromatic nitrogens is 3. The van der Waals surface area contributed by atoms with E-state index in [0.29, 0.717) is 11.4 Å². The molecular weight excluding hydrogens is 379 g/mol. The Labute approximate surface area is 165 Å². The number of ether oxygens (including phenoxy) is 1. The third-order valence-corrected chi connectivity index (χ3v) is 3.55. The molecule has 0 unspecified atom stereocenters. The van der Waals surface area contributed by atoms with Gasteiger partial charge in [0.15, 0.2) is 12.4 Å². The van der Waals surface area contributed by atoms with Gasteiger partial charge in [-0.25, -0.2) is 9.18 Å². The monoisotopic (exact) mass is 396 g/mol. The van der Waals surface area contributed by atoms with E-state index in [-0.39, 0.29) is 41.6 Å². The summed E-state index contributed by atoms with van der Waals surface area (Å²) in [4.78, 5) is 35.4. The minimum Gasteiger partial charge on any atom is -0.454 e. The molecule has 0 radical (unpaired) electrons. The maximum absolute atomic E-state index is 13.0. The first-order valence-corrected chi connectivity index (χ1v) is 8.47. The fourth-order valence-electron chi connectivity index (χ4n) is 2.36. The van der Waals surface area contributed by atoms with Gasteiger partial charge in [-0.2, -0.15) is 15.0 Å². The molecule has 0 saturated heterocycles. The number of carbonyl (C=O) groups excluding carboxylic acids is 2. The molecular formula is C19H17FN6O3. The zero-order valence-electron chi connectivity index (χ0n) is 15.3. The van der Waals surface area contributed by atoms with Crippen molar-refractivity contribution in [3.8, 4) is 0 Å². The molecule has 0 fully saturated rings. The molecule has 29 heavy (non-hydrogen) atoms. The van der Waals surface area contributed by atoms with Gasteiger partial charge in [-0.15, -0.1) is 0 Å². The third-order valence-electron chi connectivity index (χ3n) is 3.55. The van der Waals surface area contributed by atoms with Crippen LogP contribution in [0.3, 0.4) is 0 Å². The standard InChI is InChI=1S/C19H17FN6O3/c1-11(27)22-15-4-2-3-12(9-15)17(28)29-10-16-24-18(21)26-19(25-16)23-14-7-5-13(20)6-8-14/h2-9H,10H2,1H3,(H,22,27)(H3,21,23,24,25,26). The summed E-state index contributed by atoms with van der Waals surface area (Å²) < 4.78 is 18.2. The Bertz CT molecular complexity index is 1040. The lowest BCUT2D eigenvalue weighted by Crippen LogP contribution is -2.12. The van der Waals surface area contributed by atoms with Gasteiger partial charge >= 0.3 is 5.97 Å². The molecule has 1 aromatic heterocycles. The van der Waals surface area contributed by atoms with Gasteiger partial charge in [0.2, 0.25) is 17.8 Å². The van der Waals surface area contributed by atoms with E-state index >= 15 is 0 Å². The number of halogens is 1. The van der Waals surface area contributed by atoms with Crippen molar-refractivity contribution in [2.75, 3.05) is 16.4 Å². The predicted octanol–water partition coefficient (Wildman–Crippen LogP) is 2.65. The van der Waals surface area contributed by atoms with E-state index in [1.165, 1.54) is 37.3 Å². The molecule has 4 N–H and O–H groups in total. The normalized spacial score (nSPS) is 10.3. The minimum absolute atomic E-state index is 0.0664. The number of hydrogen-bond donors (Lipinski definition) is 3. The highest BCUT2D eigenvalue weighted by molar-refractivity contribution is 5.93. The van der Waals surface area contributed by atoms with Crippen molar-refractivity contribution in [3.05, 3.63) is 65.7 Å². The molecule has 0 atom stereocenters. The highest BCUT2D eigenvalue weighted by atomic mass is 19.1. The first-order valence-electron chi connectivity index (χ1n) is 8.47. The zero-order chi connectivity index (χ0) is 20.8. The number of anilines is 4. The van der Waals surface area contributed by atoms with Gasteiger partial charge in [-0.05, 0) is 42.5 Å². The number of nitrogens with one attached hydrogen (secondary N) is 2. The zero-order valence-corrected chi connectivity index (χ0v) is 15.3. The van der Waals surface area contributed by atoms with Gasteiger partial charge in [0.25, 0.3) is 0 Å². The van der Waals surface area contributed by atoms with Gasteiger partial charge in [0, 0.05) is 18.3 Å². The highest BCUT2D eigenvalue weighted by Gasteiger charge is 2.11. The average molecular weight is 396 g/mol. The topological polar surface area (TPSA) is 132 Å². The maximum atomic E-state index is 13.0. The van der Waals surface area contributed by atoms with Crippen LogP contribution < -0.4 is 16.4 Å². The lowest BCUT2D eigenvalue weighted by atomic mass is 10.2. The molecule has 1 heterocycles. The third kappa shape index (κ3) is 5.70. The summed E-state index contributed by atoms with van der Waals surface area (Å²) in [5.41, 5.74) is 6.96. The second-order valence-corrected chi connectivity index (χ2v) is 5.90. The number of nitrogens with two attached hydrogens (primary N) is 1. The molecule has 148 valence electrons. The summed E-state index contributed by atoms with van der Waals surface area (Å²) in [6.45, 7) is 1.13. The lowest BCUT2D eigenvalue weighted by Gasteiger charge is -2.09. The molecule has 9 nitrogen and oxygen atoms in total. The summed E-state index contributed by atoms with van der Waals surface area (Å²) in [5.74, 6) is -1.05. The molecule has 0 spiro atoms. The van der Waals surface area contributed by atoms with E-state index in [1.54, 1.807) is 18.2 Å². The number of carbonyl (C=O) groups is 2. The molecule has 3 aromatic rings. The van der Waals surface area contributed by atoms with E-state index in [2.05, 4.69) is 25.6 Å². The van der Waals surface area contributed by atoms with Crippen LogP contribution in [0.15, 0.2) is 48.5 Å². The summed E-state index contributed by atoms with van der Waals surface area (Å²) in [6, 6.07) is 11.9. The molecule has 2 aromatic carbocycles. The van der Waals surface area contributed by atoms with Crippen LogP contribution in [0.4, 0.5) is 27.7 Å². The first-order chi connectivity index (χ1) is 13.9. The average Bonchev–Trinajstić information content (AvgIpc) is 2.67. The number of nitrogen functional groups attached to an aromatic ring is 1. The maximum Gasteiger partial charge on any atom is 0.338 e. The second kappa shape index (κ2) is 8.74. The van der Waals surface area contributed by atoms with Crippen molar-refractivity contribution in [3.63, 3.8) is 0 Å². The molecule has 3 rings (SSSR count). The van der Waals surface area contributed by atoms with Crippen LogP contribution in [-0.2, 0) is 16.1 Å². The number of benzene rings is 2. The van der Waals surface area contributed by atoms with Crippen LogP contribution in [-0.4, -0.2) is 26.8 Å². The SMILES string of the molecule is CC(=O)Nc1cccc(C(=O)OCc2nc(N)nc(Nc3ccc(F)cc3)n2)c1. The smallest absolute Gasteiger partial charge is 0.338 e. The summed E-state index contributed by atoms with van der Waals surface area (Å²) in [6.07, 6.45) is 0. The van der Waals surface area contributed by atoms with Crippen molar-refractivity contribution in [1.29, 1.82) is 0 Å². The number of nitrogens with zero attached hydrogens (tertiary/aromatic N) is 3. The number of esters is 1. The molecule has 1 amide bonds. The minimum atomic E-state index is -0.621. The fraction of sp³-hybridized carbons (Fsp3) is 0.105. The molecule has 0 bridgehead atoms. The van der Waals surface area contributed by atoms with Crippen molar-refractivity contribution in [2.24, 2.45) is 0 Å². The summed E-state index contributed by atoms with van der Waals surface area (Å²) in [7, 11) is 0. The summed E-state index contributed by atoms with van der Waals surface area (Å²) in [5, 5.41) is 5.46. The first kappa shape index (κ1) is 19.7. The van der Waals surface area contributed by atoms with Crippen molar-refractivity contribution >= 4 is 35.1 Å². The van der Waals surface area contributed by atoms with Crippen molar-refractivity contribution < 1.29 is 18.7 Å². The quantitative estimate of drug-likeness (QED) is 0.542. The predicted molar refractivity (Wildman–Crippen MR) is 104 cm³/mol. The second-order valence-electron chi connectivity index (χ2n) is 5.90. The van der Waals surface area contributed by atoms with Crippen molar-refractivity contribution in [1.82, 2.24) is 15.0 Å². The van der Waals surface area contributed by atoms with Gasteiger partial charge in [-0.1, -0.05) is 6.07 Å². The van der Waals surface area contributed by atoms with Crippen LogP contribution in [0.2, 0.25) is 0 Å².